The fraction of sp³-hybridized carbons (Fsp3) is 0.133. The maximum absolute atomic E-state index is 12.9. The lowest BCUT2D eigenvalue weighted by Crippen LogP contribution is -2.41. The Kier molecular flexibility index (Phi) is 5.51. The summed E-state index contributed by atoms with van der Waals surface area (Å²) in [6.07, 6.45) is 0. The molecule has 0 saturated heterocycles. The Morgan fingerprint density at radius 3 is 2.22 bits per heavy atom. The molecule has 122 valence electrons. The van der Waals surface area contributed by atoms with Gasteiger partial charge in [0, 0.05) is 10.2 Å². The van der Waals surface area contributed by atoms with E-state index < -0.39 is 27.8 Å². The van der Waals surface area contributed by atoms with E-state index in [1.165, 1.54) is 6.92 Å². The van der Waals surface area contributed by atoms with Crippen LogP contribution in [-0.4, -0.2) is 20.4 Å². The summed E-state index contributed by atoms with van der Waals surface area (Å²) in [5.41, 5.74) is 0.547. The van der Waals surface area contributed by atoms with Crippen molar-refractivity contribution in [1.29, 1.82) is 0 Å². The maximum atomic E-state index is 12.9. The summed E-state index contributed by atoms with van der Waals surface area (Å²) in [7, 11) is -3.91. The van der Waals surface area contributed by atoms with Crippen LogP contribution < -0.4 is 10.0 Å². The highest BCUT2D eigenvalue weighted by Crippen LogP contribution is 2.15. The maximum Gasteiger partial charge on any atom is 0.242 e. The molecule has 0 aromatic heterocycles. The standard InChI is InChI=1S/C15H14BrFN2O3S/c1-10(15(20)18-13-6-2-11(16)3-7-13)19-23(21,22)14-8-4-12(17)5-9-14/h2-10,19H,1H3,(H,18,20)/t10-/m1/s1. The Morgan fingerprint density at radius 2 is 1.65 bits per heavy atom. The van der Waals surface area contributed by atoms with Crippen molar-refractivity contribution in [2.45, 2.75) is 17.9 Å². The van der Waals surface area contributed by atoms with E-state index in [9.17, 15) is 17.6 Å². The van der Waals surface area contributed by atoms with E-state index in [-0.39, 0.29) is 4.90 Å². The molecule has 0 radical (unpaired) electrons. The van der Waals surface area contributed by atoms with Crippen LogP contribution in [0.2, 0.25) is 0 Å². The molecule has 2 aromatic carbocycles. The van der Waals surface area contributed by atoms with E-state index in [0.29, 0.717) is 5.69 Å². The lowest BCUT2D eigenvalue weighted by Gasteiger charge is -2.14. The molecule has 0 spiro atoms. The molecule has 2 rings (SSSR count). The van der Waals surface area contributed by atoms with Crippen LogP contribution in [0.5, 0.6) is 0 Å². The van der Waals surface area contributed by atoms with Crippen molar-refractivity contribution in [2.75, 3.05) is 5.32 Å². The van der Waals surface area contributed by atoms with Gasteiger partial charge in [-0.15, -0.1) is 0 Å². The second-order valence-electron chi connectivity index (χ2n) is 4.79. The van der Waals surface area contributed by atoms with Crippen LogP contribution in [0.15, 0.2) is 57.9 Å². The smallest absolute Gasteiger partial charge is 0.242 e. The van der Waals surface area contributed by atoms with Gasteiger partial charge in [-0.2, -0.15) is 4.72 Å². The van der Waals surface area contributed by atoms with Gasteiger partial charge in [0.1, 0.15) is 5.82 Å². The van der Waals surface area contributed by atoms with Crippen LogP contribution in [-0.2, 0) is 14.8 Å². The molecular weight excluding hydrogens is 387 g/mol. The molecule has 1 amide bonds. The molecule has 0 aliphatic heterocycles. The van der Waals surface area contributed by atoms with E-state index in [1.54, 1.807) is 24.3 Å². The summed E-state index contributed by atoms with van der Waals surface area (Å²) in [6.45, 7) is 1.43. The van der Waals surface area contributed by atoms with Crippen molar-refractivity contribution in [3.05, 3.63) is 58.8 Å². The van der Waals surface area contributed by atoms with E-state index >= 15 is 0 Å². The molecule has 0 fully saturated rings. The molecule has 0 heterocycles. The van der Waals surface area contributed by atoms with Gasteiger partial charge in [0.2, 0.25) is 15.9 Å². The Bertz CT molecular complexity index is 792. The molecule has 1 atom stereocenters. The van der Waals surface area contributed by atoms with Crippen molar-refractivity contribution in [1.82, 2.24) is 4.72 Å². The molecule has 5 nitrogen and oxygen atoms in total. The summed E-state index contributed by atoms with van der Waals surface area (Å²) < 4.78 is 40.2. The third-order valence-corrected chi connectivity index (χ3v) is 5.05. The van der Waals surface area contributed by atoms with E-state index in [4.69, 9.17) is 0 Å². The summed E-state index contributed by atoms with van der Waals surface area (Å²) in [5.74, 6) is -1.04. The Hall–Kier alpha value is -1.77. The SMILES string of the molecule is C[C@@H](NS(=O)(=O)c1ccc(F)cc1)C(=O)Nc1ccc(Br)cc1. The van der Waals surface area contributed by atoms with Gasteiger partial charge in [0.05, 0.1) is 10.9 Å². The highest BCUT2D eigenvalue weighted by atomic mass is 79.9. The average Bonchev–Trinajstić information content (AvgIpc) is 2.49. The topological polar surface area (TPSA) is 75.3 Å². The highest BCUT2D eigenvalue weighted by molar-refractivity contribution is 9.10. The number of carbonyl (C=O) groups excluding carboxylic acids is 1. The van der Waals surface area contributed by atoms with Gasteiger partial charge in [-0.3, -0.25) is 4.79 Å². The third kappa shape index (κ3) is 4.85. The van der Waals surface area contributed by atoms with Crippen molar-refractivity contribution in [2.24, 2.45) is 0 Å². The number of benzene rings is 2. The first-order valence-corrected chi connectivity index (χ1v) is 8.90. The summed E-state index contributed by atoms with van der Waals surface area (Å²) >= 11 is 3.28. The van der Waals surface area contributed by atoms with Gasteiger partial charge in [-0.1, -0.05) is 15.9 Å². The third-order valence-electron chi connectivity index (χ3n) is 2.96. The van der Waals surface area contributed by atoms with Crippen LogP contribution in [0.1, 0.15) is 6.92 Å². The first-order valence-electron chi connectivity index (χ1n) is 6.62. The number of carbonyl (C=O) groups is 1. The van der Waals surface area contributed by atoms with Gasteiger partial charge >= 0.3 is 0 Å². The van der Waals surface area contributed by atoms with Gasteiger partial charge in [-0.25, -0.2) is 12.8 Å². The van der Waals surface area contributed by atoms with Crippen molar-refractivity contribution < 1.29 is 17.6 Å². The Labute approximate surface area is 142 Å². The Morgan fingerprint density at radius 1 is 1.09 bits per heavy atom. The van der Waals surface area contributed by atoms with Gasteiger partial charge in [0.15, 0.2) is 0 Å². The molecule has 0 aliphatic rings. The number of rotatable bonds is 5. The number of amides is 1. The predicted molar refractivity (Wildman–Crippen MR) is 89.0 cm³/mol. The average molecular weight is 401 g/mol. The zero-order valence-corrected chi connectivity index (χ0v) is 14.5. The van der Waals surface area contributed by atoms with Gasteiger partial charge in [0.25, 0.3) is 0 Å². The van der Waals surface area contributed by atoms with Crippen LogP contribution >= 0.6 is 15.9 Å². The number of anilines is 1. The number of halogens is 2. The molecule has 0 unspecified atom stereocenters. The van der Waals surface area contributed by atoms with Crippen LogP contribution in [0.3, 0.4) is 0 Å². The largest absolute Gasteiger partial charge is 0.325 e. The summed E-state index contributed by atoms with van der Waals surface area (Å²) in [6, 6.07) is 10.2. The second-order valence-corrected chi connectivity index (χ2v) is 7.42. The lowest BCUT2D eigenvalue weighted by atomic mass is 10.3. The van der Waals surface area contributed by atoms with E-state index in [2.05, 4.69) is 26.0 Å². The lowest BCUT2D eigenvalue weighted by molar-refractivity contribution is -0.117. The fourth-order valence-electron chi connectivity index (χ4n) is 1.75. The molecule has 8 heteroatoms. The molecule has 0 bridgehead atoms. The van der Waals surface area contributed by atoms with Crippen molar-refractivity contribution in [3.63, 3.8) is 0 Å². The van der Waals surface area contributed by atoms with Gasteiger partial charge < -0.3 is 5.32 Å². The summed E-state index contributed by atoms with van der Waals surface area (Å²) in [4.78, 5) is 11.9. The summed E-state index contributed by atoms with van der Waals surface area (Å²) in [5, 5.41) is 2.61. The first-order chi connectivity index (χ1) is 10.8. The Balaban J connectivity index is 2.05. The van der Waals surface area contributed by atoms with E-state index in [1.807, 2.05) is 0 Å². The van der Waals surface area contributed by atoms with Gasteiger partial charge in [-0.05, 0) is 55.5 Å². The number of sulfonamides is 1. The predicted octanol–water partition coefficient (Wildman–Crippen LogP) is 2.89. The van der Waals surface area contributed by atoms with Crippen molar-refractivity contribution >= 4 is 37.5 Å². The monoisotopic (exact) mass is 400 g/mol. The minimum absolute atomic E-state index is 0.109. The second kappa shape index (κ2) is 7.20. The van der Waals surface area contributed by atoms with Crippen LogP contribution in [0.25, 0.3) is 0 Å². The first kappa shape index (κ1) is 17.6. The number of hydrogen-bond donors (Lipinski definition) is 2. The zero-order valence-electron chi connectivity index (χ0n) is 12.1. The minimum atomic E-state index is -3.91. The fourth-order valence-corrected chi connectivity index (χ4v) is 3.22. The van der Waals surface area contributed by atoms with E-state index in [0.717, 1.165) is 28.7 Å². The zero-order chi connectivity index (χ0) is 17.0. The van der Waals surface area contributed by atoms with Crippen LogP contribution in [0.4, 0.5) is 10.1 Å². The molecule has 2 N–H and O–H groups in total. The van der Waals surface area contributed by atoms with Crippen LogP contribution in [0, 0.1) is 5.82 Å². The highest BCUT2D eigenvalue weighted by Gasteiger charge is 2.22. The molecule has 0 aliphatic carbocycles. The minimum Gasteiger partial charge on any atom is -0.325 e. The molecule has 0 saturated carbocycles. The molecular formula is C15H14BrFN2O3S. The van der Waals surface area contributed by atoms with Crippen molar-refractivity contribution in [3.8, 4) is 0 Å². The number of nitrogens with one attached hydrogen (secondary N) is 2. The number of hydrogen-bond acceptors (Lipinski definition) is 3. The normalized spacial score (nSPS) is 12.7. The molecule has 23 heavy (non-hydrogen) atoms. The molecule has 2 aromatic rings. The quantitative estimate of drug-likeness (QED) is 0.809.